The van der Waals surface area contributed by atoms with Gasteiger partial charge in [0.2, 0.25) is 0 Å². The molecule has 0 heterocycles. The average Bonchev–Trinajstić information content (AvgIpc) is 2.39. The number of rotatable bonds is 4. The summed E-state index contributed by atoms with van der Waals surface area (Å²) in [7, 11) is 1.54. The molecular formula is C15H16BrNO2. The quantitative estimate of drug-likeness (QED) is 0.891. The number of phenols is 1. The van der Waals surface area contributed by atoms with Gasteiger partial charge < -0.3 is 15.2 Å². The van der Waals surface area contributed by atoms with E-state index >= 15 is 0 Å². The summed E-state index contributed by atoms with van der Waals surface area (Å²) >= 11 is 3.52. The molecule has 2 N–H and O–H groups in total. The van der Waals surface area contributed by atoms with E-state index in [0.717, 1.165) is 15.7 Å². The number of ether oxygens (including phenoxy) is 1. The summed E-state index contributed by atoms with van der Waals surface area (Å²) in [6, 6.07) is 11.6. The van der Waals surface area contributed by atoms with Gasteiger partial charge in [-0.05, 0) is 46.6 Å². The highest BCUT2D eigenvalue weighted by Gasteiger charge is 2.07. The summed E-state index contributed by atoms with van der Waals surface area (Å²) in [5.41, 5.74) is 2.99. The SMILES string of the molecule is COc1cccc(CNc2ccc(C)cc2Br)c1O. The van der Waals surface area contributed by atoms with Crippen LogP contribution in [-0.2, 0) is 6.54 Å². The largest absolute Gasteiger partial charge is 0.504 e. The summed E-state index contributed by atoms with van der Waals surface area (Å²) in [6.07, 6.45) is 0. The molecule has 4 heteroatoms. The van der Waals surface area contributed by atoms with Crippen molar-refractivity contribution < 1.29 is 9.84 Å². The standard InChI is InChI=1S/C15H16BrNO2/c1-10-6-7-13(12(16)8-10)17-9-11-4-3-5-14(19-2)15(11)18/h3-8,17-18H,9H2,1-2H3. The third-order valence-corrected chi connectivity index (χ3v) is 3.55. The van der Waals surface area contributed by atoms with E-state index in [0.29, 0.717) is 12.3 Å². The van der Waals surface area contributed by atoms with E-state index in [1.807, 2.05) is 37.3 Å². The molecule has 0 aliphatic carbocycles. The van der Waals surface area contributed by atoms with Crippen molar-refractivity contribution in [1.82, 2.24) is 0 Å². The summed E-state index contributed by atoms with van der Waals surface area (Å²) in [6.45, 7) is 2.58. The number of phenolic OH excluding ortho intramolecular Hbond substituents is 1. The van der Waals surface area contributed by atoms with Crippen LogP contribution >= 0.6 is 15.9 Å². The summed E-state index contributed by atoms with van der Waals surface area (Å²) < 4.78 is 6.10. The van der Waals surface area contributed by atoms with Crippen LogP contribution in [0, 0.1) is 6.92 Å². The molecule has 0 fully saturated rings. The summed E-state index contributed by atoms with van der Waals surface area (Å²) in [5.74, 6) is 0.669. The molecule has 3 nitrogen and oxygen atoms in total. The highest BCUT2D eigenvalue weighted by atomic mass is 79.9. The Bertz CT molecular complexity index is 584. The molecule has 0 radical (unpaired) electrons. The Balaban J connectivity index is 2.14. The second kappa shape index (κ2) is 5.97. The van der Waals surface area contributed by atoms with Crippen molar-refractivity contribution in [2.24, 2.45) is 0 Å². The Morgan fingerprint density at radius 2 is 2.05 bits per heavy atom. The normalized spacial score (nSPS) is 10.3. The van der Waals surface area contributed by atoms with Gasteiger partial charge in [0.15, 0.2) is 11.5 Å². The molecule has 0 unspecified atom stereocenters. The molecule has 0 saturated carbocycles. The molecule has 0 atom stereocenters. The lowest BCUT2D eigenvalue weighted by molar-refractivity contribution is 0.371. The van der Waals surface area contributed by atoms with Crippen molar-refractivity contribution in [1.29, 1.82) is 0 Å². The van der Waals surface area contributed by atoms with Gasteiger partial charge in [0.25, 0.3) is 0 Å². The van der Waals surface area contributed by atoms with Gasteiger partial charge in [0.1, 0.15) is 0 Å². The van der Waals surface area contributed by atoms with Gasteiger partial charge in [-0.15, -0.1) is 0 Å². The van der Waals surface area contributed by atoms with E-state index in [4.69, 9.17) is 4.74 Å². The van der Waals surface area contributed by atoms with Crippen LogP contribution in [0.25, 0.3) is 0 Å². The van der Waals surface area contributed by atoms with Crippen LogP contribution in [0.4, 0.5) is 5.69 Å². The second-order valence-corrected chi connectivity index (χ2v) is 5.16. The minimum Gasteiger partial charge on any atom is -0.504 e. The highest BCUT2D eigenvalue weighted by molar-refractivity contribution is 9.10. The number of nitrogens with one attached hydrogen (secondary N) is 1. The molecule has 0 aliphatic rings. The Kier molecular flexibility index (Phi) is 4.32. The molecule has 0 bridgehead atoms. The number of para-hydroxylation sites is 1. The zero-order valence-electron chi connectivity index (χ0n) is 10.9. The van der Waals surface area contributed by atoms with Crippen LogP contribution in [0.2, 0.25) is 0 Å². The molecule has 0 spiro atoms. The third-order valence-electron chi connectivity index (χ3n) is 2.90. The van der Waals surface area contributed by atoms with Crippen LogP contribution in [0.15, 0.2) is 40.9 Å². The van der Waals surface area contributed by atoms with Gasteiger partial charge in [0, 0.05) is 22.3 Å². The van der Waals surface area contributed by atoms with Crippen molar-refractivity contribution in [3.05, 3.63) is 52.0 Å². The molecule has 0 aliphatic heterocycles. The smallest absolute Gasteiger partial charge is 0.162 e. The lowest BCUT2D eigenvalue weighted by Crippen LogP contribution is -2.01. The Morgan fingerprint density at radius 1 is 1.26 bits per heavy atom. The number of hydrogen-bond acceptors (Lipinski definition) is 3. The molecule has 0 aromatic heterocycles. The number of anilines is 1. The number of hydrogen-bond donors (Lipinski definition) is 2. The van der Waals surface area contributed by atoms with Crippen LogP contribution in [0.3, 0.4) is 0 Å². The predicted octanol–water partition coefficient (Wildman–Crippen LogP) is 4.08. The molecule has 0 saturated heterocycles. The van der Waals surface area contributed by atoms with E-state index in [1.165, 1.54) is 5.56 Å². The van der Waals surface area contributed by atoms with Crippen LogP contribution in [0.1, 0.15) is 11.1 Å². The molecule has 2 aromatic carbocycles. The van der Waals surface area contributed by atoms with Crippen LogP contribution in [0.5, 0.6) is 11.5 Å². The van der Waals surface area contributed by atoms with Gasteiger partial charge in [-0.3, -0.25) is 0 Å². The Labute approximate surface area is 121 Å². The van der Waals surface area contributed by atoms with Crippen molar-refractivity contribution in [3.8, 4) is 11.5 Å². The van der Waals surface area contributed by atoms with Gasteiger partial charge in [-0.2, -0.15) is 0 Å². The zero-order chi connectivity index (χ0) is 13.8. The summed E-state index contributed by atoms with van der Waals surface area (Å²) in [5, 5.41) is 13.3. The fraction of sp³-hybridized carbons (Fsp3) is 0.200. The van der Waals surface area contributed by atoms with Crippen molar-refractivity contribution in [2.45, 2.75) is 13.5 Å². The van der Waals surface area contributed by atoms with Gasteiger partial charge >= 0.3 is 0 Å². The van der Waals surface area contributed by atoms with Crippen molar-refractivity contribution in [2.75, 3.05) is 12.4 Å². The monoisotopic (exact) mass is 321 g/mol. The molecule has 2 aromatic rings. The zero-order valence-corrected chi connectivity index (χ0v) is 12.5. The Hall–Kier alpha value is -1.68. The third kappa shape index (κ3) is 3.20. The van der Waals surface area contributed by atoms with E-state index < -0.39 is 0 Å². The first-order chi connectivity index (χ1) is 9.11. The first-order valence-corrected chi connectivity index (χ1v) is 6.76. The maximum atomic E-state index is 10.0. The van der Waals surface area contributed by atoms with Crippen molar-refractivity contribution >= 4 is 21.6 Å². The predicted molar refractivity (Wildman–Crippen MR) is 80.9 cm³/mol. The number of benzene rings is 2. The van der Waals surface area contributed by atoms with Crippen LogP contribution in [-0.4, -0.2) is 12.2 Å². The minimum atomic E-state index is 0.181. The highest BCUT2D eigenvalue weighted by Crippen LogP contribution is 2.30. The van der Waals surface area contributed by atoms with Gasteiger partial charge in [-0.1, -0.05) is 18.2 Å². The number of halogens is 1. The topological polar surface area (TPSA) is 41.5 Å². The van der Waals surface area contributed by atoms with Crippen LogP contribution < -0.4 is 10.1 Å². The lowest BCUT2D eigenvalue weighted by Gasteiger charge is -2.12. The maximum absolute atomic E-state index is 10.0. The summed E-state index contributed by atoms with van der Waals surface area (Å²) in [4.78, 5) is 0. The molecule has 100 valence electrons. The second-order valence-electron chi connectivity index (χ2n) is 4.30. The van der Waals surface area contributed by atoms with E-state index in [1.54, 1.807) is 13.2 Å². The number of methoxy groups -OCH3 is 1. The lowest BCUT2D eigenvalue weighted by atomic mass is 10.1. The Morgan fingerprint density at radius 3 is 2.74 bits per heavy atom. The fourth-order valence-electron chi connectivity index (χ4n) is 1.83. The average molecular weight is 322 g/mol. The van der Waals surface area contributed by atoms with Crippen molar-refractivity contribution in [3.63, 3.8) is 0 Å². The first kappa shape index (κ1) is 13.7. The first-order valence-electron chi connectivity index (χ1n) is 5.96. The van der Waals surface area contributed by atoms with E-state index in [9.17, 15) is 5.11 Å². The fourth-order valence-corrected chi connectivity index (χ4v) is 2.46. The number of aryl methyl sites for hydroxylation is 1. The number of aromatic hydroxyl groups is 1. The van der Waals surface area contributed by atoms with E-state index in [-0.39, 0.29) is 5.75 Å². The maximum Gasteiger partial charge on any atom is 0.162 e. The molecular weight excluding hydrogens is 306 g/mol. The molecule has 2 rings (SSSR count). The minimum absolute atomic E-state index is 0.181. The molecule has 19 heavy (non-hydrogen) atoms. The van der Waals surface area contributed by atoms with Gasteiger partial charge in [0.05, 0.1) is 7.11 Å². The van der Waals surface area contributed by atoms with Gasteiger partial charge in [-0.25, -0.2) is 0 Å². The van der Waals surface area contributed by atoms with E-state index in [2.05, 4.69) is 21.2 Å². The molecule has 0 amide bonds.